The van der Waals surface area contributed by atoms with Crippen LogP contribution in [0.25, 0.3) is 0 Å². The maximum absolute atomic E-state index is 15.2. The van der Waals surface area contributed by atoms with Crippen LogP contribution in [0.5, 0.6) is 0 Å². The van der Waals surface area contributed by atoms with Gasteiger partial charge in [0.25, 0.3) is 5.91 Å². The fraction of sp³-hybridized carbons (Fsp3) is 0.211. The highest BCUT2D eigenvalue weighted by Gasteiger charge is 2.64. The lowest BCUT2D eigenvalue weighted by Crippen LogP contribution is -2.54. The summed E-state index contributed by atoms with van der Waals surface area (Å²) in [5.41, 5.74) is -2.69. The van der Waals surface area contributed by atoms with Crippen LogP contribution >= 0.6 is 11.8 Å². The number of amides is 1. The Bertz CT molecular complexity index is 810. The van der Waals surface area contributed by atoms with E-state index in [1.165, 1.54) is 12.1 Å². The second-order valence-corrected chi connectivity index (χ2v) is 6.82. The normalized spacial score (nSPS) is 20.3. The van der Waals surface area contributed by atoms with Crippen LogP contribution in [-0.4, -0.2) is 27.7 Å². The van der Waals surface area contributed by atoms with Gasteiger partial charge in [-0.15, -0.1) is 0 Å². The van der Waals surface area contributed by atoms with Crippen LogP contribution in [0.4, 0.5) is 8.78 Å². The first-order valence-corrected chi connectivity index (χ1v) is 8.60. The summed E-state index contributed by atoms with van der Waals surface area (Å²) >= 11 is 0.244. The average molecular weight is 361 g/mol. The zero-order chi connectivity index (χ0) is 18.1. The third-order valence-electron chi connectivity index (χ3n) is 4.09. The number of hydrogen-bond donors (Lipinski definition) is 1. The van der Waals surface area contributed by atoms with Crippen molar-refractivity contribution in [3.63, 3.8) is 0 Å². The maximum Gasteiger partial charge on any atom is 0.349 e. The molecule has 0 bridgehead atoms. The zero-order valence-electron chi connectivity index (χ0n) is 13.5. The van der Waals surface area contributed by atoms with Crippen molar-refractivity contribution in [3.05, 3.63) is 77.9 Å². The first-order chi connectivity index (χ1) is 11.9. The summed E-state index contributed by atoms with van der Waals surface area (Å²) in [5, 5.41) is 7.45. The molecule has 1 heterocycles. The van der Waals surface area contributed by atoms with Crippen molar-refractivity contribution < 1.29 is 18.7 Å². The van der Waals surface area contributed by atoms with Crippen molar-refractivity contribution in [3.8, 4) is 0 Å². The zero-order valence-corrected chi connectivity index (χ0v) is 14.3. The van der Waals surface area contributed by atoms with Crippen LogP contribution in [0.2, 0.25) is 0 Å². The molecule has 1 unspecified atom stereocenters. The van der Waals surface area contributed by atoms with Gasteiger partial charge < -0.3 is 5.11 Å². The number of alkyl halides is 2. The second kappa shape index (κ2) is 6.61. The summed E-state index contributed by atoms with van der Waals surface area (Å²) in [7, 11) is 0. The Balaban J connectivity index is 2.09. The van der Waals surface area contributed by atoms with Gasteiger partial charge in [-0.1, -0.05) is 48.6 Å². The van der Waals surface area contributed by atoms with Gasteiger partial charge in [0.1, 0.15) is 0 Å². The van der Waals surface area contributed by atoms with Crippen molar-refractivity contribution in [2.24, 2.45) is 0 Å². The van der Waals surface area contributed by atoms with Gasteiger partial charge in [0.05, 0.1) is 0 Å². The standard InChI is InChI=1S/C19H17F2NO2S/c1-2-3-13-22-17(23)15-11-7-8-12-16(15)18(22,24)19(20,21)25-14-9-5-4-6-10-14/h2-12,24H,13H2,1H3/b3-2+. The molecule has 2 aromatic carbocycles. The molecule has 1 aliphatic heterocycles. The lowest BCUT2D eigenvalue weighted by molar-refractivity contribution is -0.195. The number of hydrogen-bond acceptors (Lipinski definition) is 3. The summed E-state index contributed by atoms with van der Waals surface area (Å²) in [6.45, 7) is 1.62. The number of nitrogens with zero attached hydrogens (tertiary/aromatic N) is 1. The van der Waals surface area contributed by atoms with Crippen LogP contribution in [0, 0.1) is 0 Å². The molecule has 1 N–H and O–H groups in total. The Labute approximate surface area is 149 Å². The largest absolute Gasteiger partial charge is 0.361 e. The van der Waals surface area contributed by atoms with Crippen molar-refractivity contribution >= 4 is 17.7 Å². The fourth-order valence-electron chi connectivity index (χ4n) is 2.86. The topological polar surface area (TPSA) is 40.5 Å². The number of carbonyl (C=O) groups is 1. The minimum Gasteiger partial charge on any atom is -0.361 e. The highest BCUT2D eigenvalue weighted by Crippen LogP contribution is 2.54. The maximum atomic E-state index is 15.2. The Kier molecular flexibility index (Phi) is 4.67. The number of rotatable bonds is 5. The summed E-state index contributed by atoms with van der Waals surface area (Å²) in [5.74, 6) is -0.607. The fourth-order valence-corrected chi connectivity index (χ4v) is 3.81. The van der Waals surface area contributed by atoms with E-state index in [2.05, 4.69) is 0 Å². The molecule has 25 heavy (non-hydrogen) atoms. The van der Waals surface area contributed by atoms with E-state index in [0.29, 0.717) is 4.90 Å². The van der Waals surface area contributed by atoms with Crippen molar-refractivity contribution in [2.75, 3.05) is 6.54 Å². The molecule has 0 radical (unpaired) electrons. The quantitative estimate of drug-likeness (QED) is 0.639. The Hall–Kier alpha value is -2.18. The minimum atomic E-state index is -3.64. The molecule has 1 amide bonds. The minimum absolute atomic E-state index is 0.0714. The van der Waals surface area contributed by atoms with Gasteiger partial charge in [-0.3, -0.25) is 9.69 Å². The third kappa shape index (κ3) is 2.85. The van der Waals surface area contributed by atoms with Gasteiger partial charge in [0.2, 0.25) is 5.72 Å². The number of fused-ring (bicyclic) bond motifs is 1. The second-order valence-electron chi connectivity index (χ2n) is 5.63. The number of halogens is 2. The predicted molar refractivity (Wildman–Crippen MR) is 93.4 cm³/mol. The van der Waals surface area contributed by atoms with Gasteiger partial charge in [-0.05, 0) is 36.9 Å². The molecule has 1 aliphatic rings. The number of carbonyl (C=O) groups excluding carboxylic acids is 1. The smallest absolute Gasteiger partial charge is 0.349 e. The molecular formula is C19H17F2NO2S. The van der Waals surface area contributed by atoms with E-state index in [4.69, 9.17) is 0 Å². The van der Waals surface area contributed by atoms with Crippen LogP contribution in [0.1, 0.15) is 22.8 Å². The van der Waals surface area contributed by atoms with E-state index in [1.54, 1.807) is 61.5 Å². The van der Waals surface area contributed by atoms with Crippen LogP contribution < -0.4 is 0 Å². The van der Waals surface area contributed by atoms with E-state index in [-0.39, 0.29) is 29.4 Å². The summed E-state index contributed by atoms with van der Waals surface area (Å²) in [6.07, 6.45) is 3.22. The molecule has 6 heteroatoms. The Morgan fingerprint density at radius 3 is 2.48 bits per heavy atom. The van der Waals surface area contributed by atoms with Gasteiger partial charge in [-0.2, -0.15) is 8.78 Å². The van der Waals surface area contributed by atoms with Crippen LogP contribution in [0.3, 0.4) is 0 Å². The van der Waals surface area contributed by atoms with E-state index in [1.807, 2.05) is 0 Å². The summed E-state index contributed by atoms with van der Waals surface area (Å²) < 4.78 is 30.4. The molecule has 0 saturated carbocycles. The Morgan fingerprint density at radius 1 is 1.16 bits per heavy atom. The highest BCUT2D eigenvalue weighted by molar-refractivity contribution is 8.00. The number of thioether (sulfide) groups is 1. The molecule has 0 aromatic heterocycles. The van der Waals surface area contributed by atoms with E-state index in [0.717, 1.165) is 4.90 Å². The Morgan fingerprint density at radius 2 is 1.80 bits per heavy atom. The number of aliphatic hydroxyl groups is 1. The predicted octanol–water partition coefficient (Wildman–Crippen LogP) is 4.25. The van der Waals surface area contributed by atoms with Gasteiger partial charge in [0.15, 0.2) is 0 Å². The van der Waals surface area contributed by atoms with Gasteiger partial charge in [-0.25, -0.2) is 0 Å². The molecule has 0 aliphatic carbocycles. The molecule has 0 fully saturated rings. The summed E-state index contributed by atoms with van der Waals surface area (Å²) in [6, 6.07) is 14.1. The van der Waals surface area contributed by atoms with Crippen molar-refractivity contribution in [2.45, 2.75) is 22.8 Å². The molecule has 0 saturated heterocycles. The molecule has 130 valence electrons. The molecule has 1 atom stereocenters. The average Bonchev–Trinajstić information content (AvgIpc) is 2.83. The monoisotopic (exact) mass is 361 g/mol. The molecule has 2 aromatic rings. The third-order valence-corrected chi connectivity index (χ3v) is 5.14. The van der Waals surface area contributed by atoms with Crippen molar-refractivity contribution in [1.82, 2.24) is 4.90 Å². The van der Waals surface area contributed by atoms with Gasteiger partial charge in [0, 0.05) is 22.6 Å². The molecule has 3 rings (SSSR count). The highest BCUT2D eigenvalue weighted by atomic mass is 32.2. The molecular weight excluding hydrogens is 344 g/mol. The first-order valence-electron chi connectivity index (χ1n) is 7.78. The van der Waals surface area contributed by atoms with Crippen LogP contribution in [0.15, 0.2) is 71.6 Å². The lowest BCUT2D eigenvalue weighted by Gasteiger charge is -2.39. The summed E-state index contributed by atoms with van der Waals surface area (Å²) in [4.78, 5) is 13.7. The van der Waals surface area contributed by atoms with E-state index < -0.39 is 16.9 Å². The van der Waals surface area contributed by atoms with E-state index >= 15 is 8.78 Å². The van der Waals surface area contributed by atoms with Crippen LogP contribution in [-0.2, 0) is 5.72 Å². The van der Waals surface area contributed by atoms with Crippen molar-refractivity contribution in [1.29, 1.82) is 0 Å². The lowest BCUT2D eigenvalue weighted by atomic mass is 10.0. The first kappa shape index (κ1) is 17.6. The molecule has 3 nitrogen and oxygen atoms in total. The molecule has 0 spiro atoms. The number of benzene rings is 2. The van der Waals surface area contributed by atoms with Gasteiger partial charge >= 0.3 is 5.25 Å². The number of allylic oxidation sites excluding steroid dienone is 1. The SMILES string of the molecule is C/C=C/CN1C(=O)c2ccccc2C1(O)C(F)(F)Sc1ccccc1. The van der Waals surface area contributed by atoms with E-state index in [9.17, 15) is 9.90 Å².